The lowest BCUT2D eigenvalue weighted by atomic mass is 9.90. The number of nitrogens with two attached hydrogens (primary N) is 1. The van der Waals surface area contributed by atoms with Gasteiger partial charge in [0.2, 0.25) is 10.6 Å². The first kappa shape index (κ1) is 33.1. The maximum Gasteiger partial charge on any atom is 0.225 e. The Morgan fingerprint density at radius 3 is 1.56 bits per heavy atom. The van der Waals surface area contributed by atoms with Crippen LogP contribution in [0.4, 0.5) is 11.6 Å². The molecule has 0 aromatic carbocycles. The lowest BCUT2D eigenvalue weighted by Crippen LogP contribution is -2.36. The number of anilines is 2. The molecule has 0 atom stereocenters. The standard InChI is InChI=1S/C17H23ClN4S.C15H19ClN4S.CH4/c1-22(2)11-8-6-10(7-9-11)19-15-14-12-4-3-5-13(12)23-16(14)21-17(18)20-15;16-15-19-13(18-9-6-4-8(17)5-7-9)12-10-2-1-3-11(10)21-14(12)20-15;/h10-11H,3-9H2,1-2H3,(H,19,20,21);8-9H,1-7,17H2,(H,18,19,20);1H4. The van der Waals surface area contributed by atoms with Crippen molar-refractivity contribution in [1.82, 2.24) is 24.8 Å². The van der Waals surface area contributed by atoms with Crippen LogP contribution < -0.4 is 16.4 Å². The molecule has 4 aromatic heterocycles. The number of hydrogen-bond acceptors (Lipinski definition) is 10. The van der Waals surface area contributed by atoms with E-state index in [0.717, 1.165) is 59.8 Å². The molecule has 4 aliphatic rings. The summed E-state index contributed by atoms with van der Waals surface area (Å²) in [6.45, 7) is 0. The van der Waals surface area contributed by atoms with Crippen LogP contribution in [0.2, 0.25) is 10.6 Å². The summed E-state index contributed by atoms with van der Waals surface area (Å²) in [5, 5.41) is 10.5. The molecule has 0 aliphatic heterocycles. The summed E-state index contributed by atoms with van der Waals surface area (Å²) < 4.78 is 0. The van der Waals surface area contributed by atoms with Crippen LogP contribution in [-0.4, -0.2) is 63.1 Å². The zero-order valence-corrected chi connectivity index (χ0v) is 28.7. The molecule has 244 valence electrons. The third-order valence-electron chi connectivity index (χ3n) is 9.96. The molecule has 0 saturated heterocycles. The van der Waals surface area contributed by atoms with Gasteiger partial charge in [0, 0.05) is 33.9 Å². The van der Waals surface area contributed by atoms with Gasteiger partial charge in [0.15, 0.2) is 0 Å². The fourth-order valence-electron chi connectivity index (χ4n) is 7.54. The van der Waals surface area contributed by atoms with Crippen molar-refractivity contribution < 1.29 is 0 Å². The molecular formula is C33H46Cl2N8S2. The molecule has 2 saturated carbocycles. The van der Waals surface area contributed by atoms with Crippen LogP contribution in [0.15, 0.2) is 0 Å². The molecule has 2 fully saturated rings. The van der Waals surface area contributed by atoms with Gasteiger partial charge in [-0.1, -0.05) is 7.43 Å². The van der Waals surface area contributed by atoms with Gasteiger partial charge in [-0.15, -0.1) is 22.7 Å². The SMILES string of the molecule is C.CN(C)C1CCC(Nc2nc(Cl)nc3sc4c(c23)CCC4)CC1.NC1CCC(Nc2nc(Cl)nc3sc4c(c23)CCC4)CC1. The van der Waals surface area contributed by atoms with E-state index in [2.05, 4.69) is 49.6 Å². The molecule has 8 nitrogen and oxygen atoms in total. The van der Waals surface area contributed by atoms with Gasteiger partial charge in [-0.25, -0.2) is 19.9 Å². The van der Waals surface area contributed by atoms with E-state index in [0.29, 0.717) is 34.7 Å². The van der Waals surface area contributed by atoms with Crippen LogP contribution in [-0.2, 0) is 25.7 Å². The van der Waals surface area contributed by atoms with Crippen molar-refractivity contribution >= 4 is 77.9 Å². The highest BCUT2D eigenvalue weighted by atomic mass is 35.5. The second-order valence-electron chi connectivity index (χ2n) is 13.1. The first-order chi connectivity index (χ1) is 21.3. The van der Waals surface area contributed by atoms with Gasteiger partial charge in [0.1, 0.15) is 21.3 Å². The average molecular weight is 690 g/mol. The average Bonchev–Trinajstić information content (AvgIpc) is 3.76. The summed E-state index contributed by atoms with van der Waals surface area (Å²) in [4.78, 5) is 25.3. The third-order valence-corrected chi connectivity index (χ3v) is 12.7. The number of thiophene rings is 2. The van der Waals surface area contributed by atoms with E-state index in [4.69, 9.17) is 28.9 Å². The molecule has 4 aliphatic carbocycles. The van der Waals surface area contributed by atoms with Crippen molar-refractivity contribution in [3.8, 4) is 0 Å². The van der Waals surface area contributed by atoms with Crippen molar-refractivity contribution in [1.29, 1.82) is 0 Å². The largest absolute Gasteiger partial charge is 0.367 e. The normalized spacial score (nSPS) is 24.2. The molecule has 0 unspecified atom stereocenters. The molecule has 8 rings (SSSR count). The number of aryl methyl sites for hydroxylation is 4. The maximum absolute atomic E-state index is 6.17. The van der Waals surface area contributed by atoms with Crippen LogP contribution in [0, 0.1) is 0 Å². The summed E-state index contributed by atoms with van der Waals surface area (Å²) in [5.41, 5.74) is 8.90. The van der Waals surface area contributed by atoms with E-state index in [1.807, 2.05) is 0 Å². The summed E-state index contributed by atoms with van der Waals surface area (Å²) in [6, 6.07) is 2.03. The second-order valence-corrected chi connectivity index (χ2v) is 16.0. The molecule has 4 heterocycles. The first-order valence-corrected chi connectivity index (χ1v) is 18.6. The molecular weight excluding hydrogens is 643 g/mol. The van der Waals surface area contributed by atoms with Crippen molar-refractivity contribution in [2.45, 2.75) is 121 Å². The van der Waals surface area contributed by atoms with Crippen LogP contribution in [0.25, 0.3) is 20.4 Å². The Balaban J connectivity index is 0.000000156. The summed E-state index contributed by atoms with van der Waals surface area (Å²) in [7, 11) is 4.36. The van der Waals surface area contributed by atoms with E-state index in [1.165, 1.54) is 83.0 Å². The van der Waals surface area contributed by atoms with Crippen molar-refractivity contribution in [3.63, 3.8) is 0 Å². The molecule has 4 N–H and O–H groups in total. The van der Waals surface area contributed by atoms with E-state index >= 15 is 0 Å². The van der Waals surface area contributed by atoms with Crippen molar-refractivity contribution in [2.24, 2.45) is 5.73 Å². The van der Waals surface area contributed by atoms with Crippen molar-refractivity contribution in [2.75, 3.05) is 24.7 Å². The molecule has 4 aromatic rings. The highest BCUT2D eigenvalue weighted by molar-refractivity contribution is 7.19. The lowest BCUT2D eigenvalue weighted by Gasteiger charge is -2.33. The highest BCUT2D eigenvalue weighted by Crippen LogP contribution is 2.42. The van der Waals surface area contributed by atoms with Crippen LogP contribution in [0.5, 0.6) is 0 Å². The van der Waals surface area contributed by atoms with E-state index in [9.17, 15) is 0 Å². The lowest BCUT2D eigenvalue weighted by molar-refractivity contribution is 0.221. The fourth-order valence-corrected chi connectivity index (χ4v) is 10.5. The molecule has 0 radical (unpaired) electrons. The predicted octanol–water partition coefficient (Wildman–Crippen LogP) is 8.27. The molecule has 0 bridgehead atoms. The number of nitrogens with zero attached hydrogens (tertiary/aromatic N) is 5. The van der Waals surface area contributed by atoms with Crippen LogP contribution in [0.3, 0.4) is 0 Å². The van der Waals surface area contributed by atoms with E-state index in [1.54, 1.807) is 22.7 Å². The molecule has 0 amide bonds. The topological polar surface area (TPSA) is 105 Å². The van der Waals surface area contributed by atoms with Gasteiger partial charge < -0.3 is 21.3 Å². The minimum Gasteiger partial charge on any atom is -0.367 e. The highest BCUT2D eigenvalue weighted by Gasteiger charge is 2.27. The number of aromatic nitrogens is 4. The Kier molecular flexibility index (Phi) is 10.4. The Bertz CT molecular complexity index is 1640. The Morgan fingerprint density at radius 2 is 1.11 bits per heavy atom. The van der Waals surface area contributed by atoms with Crippen LogP contribution in [0.1, 0.15) is 92.5 Å². The zero-order chi connectivity index (χ0) is 30.4. The molecule has 0 spiro atoms. The van der Waals surface area contributed by atoms with Gasteiger partial charge in [-0.05, 0) is 138 Å². The zero-order valence-electron chi connectivity index (χ0n) is 25.6. The quantitative estimate of drug-likeness (QED) is 0.180. The summed E-state index contributed by atoms with van der Waals surface area (Å²) in [6.07, 6.45) is 16.4. The Hall–Kier alpha value is -1.82. The van der Waals surface area contributed by atoms with Gasteiger partial charge >= 0.3 is 0 Å². The minimum atomic E-state index is 0. The smallest absolute Gasteiger partial charge is 0.225 e. The maximum atomic E-state index is 6.17. The second kappa shape index (κ2) is 14.1. The fraction of sp³-hybridized carbons (Fsp3) is 0.636. The number of hydrogen-bond donors (Lipinski definition) is 3. The monoisotopic (exact) mass is 688 g/mol. The molecule has 12 heteroatoms. The minimum absolute atomic E-state index is 0. The Morgan fingerprint density at radius 1 is 0.667 bits per heavy atom. The van der Waals surface area contributed by atoms with E-state index < -0.39 is 0 Å². The number of fused-ring (bicyclic) bond motifs is 6. The van der Waals surface area contributed by atoms with Crippen molar-refractivity contribution in [3.05, 3.63) is 31.4 Å². The number of nitrogens with one attached hydrogen (secondary N) is 2. The predicted molar refractivity (Wildman–Crippen MR) is 193 cm³/mol. The van der Waals surface area contributed by atoms with E-state index in [-0.39, 0.29) is 7.43 Å². The summed E-state index contributed by atoms with van der Waals surface area (Å²) in [5.74, 6) is 1.90. The molecule has 45 heavy (non-hydrogen) atoms. The number of halogens is 2. The first-order valence-electron chi connectivity index (χ1n) is 16.2. The third kappa shape index (κ3) is 7.06. The van der Waals surface area contributed by atoms with Gasteiger partial charge in [-0.2, -0.15) is 0 Å². The summed E-state index contributed by atoms with van der Waals surface area (Å²) >= 11 is 15.9. The van der Waals surface area contributed by atoms with Gasteiger partial charge in [0.25, 0.3) is 0 Å². The van der Waals surface area contributed by atoms with Gasteiger partial charge in [-0.3, -0.25) is 0 Å². The van der Waals surface area contributed by atoms with Gasteiger partial charge in [0.05, 0.1) is 10.8 Å². The Labute approximate surface area is 284 Å². The van der Waals surface area contributed by atoms with Crippen LogP contribution >= 0.6 is 45.9 Å². The number of rotatable bonds is 5.